The Labute approximate surface area is 155 Å². The second kappa shape index (κ2) is 7.89. The van der Waals surface area contributed by atoms with E-state index >= 15 is 0 Å². The van der Waals surface area contributed by atoms with Gasteiger partial charge in [0.1, 0.15) is 5.75 Å². The summed E-state index contributed by atoms with van der Waals surface area (Å²) < 4.78 is 7.48. The molecular weight excluding hydrogens is 352 g/mol. The molecule has 25 heavy (non-hydrogen) atoms. The summed E-state index contributed by atoms with van der Waals surface area (Å²) in [5.74, 6) is 1.16. The van der Waals surface area contributed by atoms with Crippen molar-refractivity contribution in [2.24, 2.45) is 0 Å². The Morgan fingerprint density at radius 3 is 2.68 bits per heavy atom. The van der Waals surface area contributed by atoms with E-state index in [1.807, 2.05) is 51.1 Å². The fourth-order valence-corrected chi connectivity index (χ4v) is 4.47. The smallest absolute Gasteiger partial charge is 0.234 e. The van der Waals surface area contributed by atoms with Crippen LogP contribution in [-0.2, 0) is 4.79 Å². The largest absolute Gasteiger partial charge is 0.494 e. The highest BCUT2D eigenvalue weighted by Gasteiger charge is 2.09. The van der Waals surface area contributed by atoms with Crippen molar-refractivity contribution in [2.75, 3.05) is 17.7 Å². The van der Waals surface area contributed by atoms with Gasteiger partial charge in [0.25, 0.3) is 0 Å². The third-order valence-electron chi connectivity index (χ3n) is 3.48. The van der Waals surface area contributed by atoms with Crippen LogP contribution in [0.25, 0.3) is 10.2 Å². The molecule has 0 radical (unpaired) electrons. The molecule has 0 aliphatic rings. The van der Waals surface area contributed by atoms with E-state index in [0.717, 1.165) is 37.1 Å². The molecule has 0 saturated heterocycles. The number of fused-ring (bicyclic) bond motifs is 1. The summed E-state index contributed by atoms with van der Waals surface area (Å²) in [4.78, 5) is 16.8. The van der Waals surface area contributed by atoms with Crippen molar-refractivity contribution in [2.45, 2.75) is 25.1 Å². The molecule has 3 rings (SSSR count). The van der Waals surface area contributed by atoms with Crippen molar-refractivity contribution in [3.8, 4) is 5.75 Å². The van der Waals surface area contributed by atoms with E-state index < -0.39 is 0 Å². The van der Waals surface area contributed by atoms with Crippen LogP contribution in [0.4, 0.5) is 5.69 Å². The molecule has 0 saturated carbocycles. The molecule has 0 bridgehead atoms. The molecular formula is C19H20N2O2S2. The van der Waals surface area contributed by atoms with Gasteiger partial charge in [0.15, 0.2) is 4.34 Å². The maximum Gasteiger partial charge on any atom is 0.234 e. The Balaban J connectivity index is 1.62. The van der Waals surface area contributed by atoms with E-state index in [0.29, 0.717) is 12.4 Å². The summed E-state index contributed by atoms with van der Waals surface area (Å²) in [5, 5.41) is 2.95. The maximum atomic E-state index is 12.2. The van der Waals surface area contributed by atoms with Crippen molar-refractivity contribution >= 4 is 44.9 Å². The van der Waals surface area contributed by atoms with Crippen molar-refractivity contribution in [1.82, 2.24) is 4.98 Å². The lowest BCUT2D eigenvalue weighted by molar-refractivity contribution is -0.113. The number of hydrogen-bond donors (Lipinski definition) is 1. The zero-order valence-electron chi connectivity index (χ0n) is 14.5. The number of anilines is 1. The summed E-state index contributed by atoms with van der Waals surface area (Å²) in [6.45, 7) is 6.65. The minimum Gasteiger partial charge on any atom is -0.494 e. The van der Waals surface area contributed by atoms with Crippen molar-refractivity contribution in [3.05, 3.63) is 47.5 Å². The number of ether oxygens (including phenoxy) is 1. The number of thiazole rings is 1. The van der Waals surface area contributed by atoms with E-state index in [4.69, 9.17) is 4.74 Å². The molecule has 0 aliphatic carbocycles. The number of nitrogens with one attached hydrogen (secondary N) is 1. The minimum absolute atomic E-state index is 0.0238. The monoisotopic (exact) mass is 372 g/mol. The van der Waals surface area contributed by atoms with E-state index in [9.17, 15) is 4.79 Å². The number of carbonyl (C=O) groups excluding carboxylic acids is 1. The van der Waals surface area contributed by atoms with Crippen LogP contribution in [0.1, 0.15) is 18.1 Å². The van der Waals surface area contributed by atoms with Crippen LogP contribution in [-0.4, -0.2) is 23.3 Å². The van der Waals surface area contributed by atoms with E-state index in [-0.39, 0.29) is 5.91 Å². The summed E-state index contributed by atoms with van der Waals surface area (Å²) in [6, 6.07) is 11.9. The van der Waals surface area contributed by atoms with Crippen LogP contribution in [0.15, 0.2) is 40.7 Å². The highest BCUT2D eigenvalue weighted by Crippen LogP contribution is 2.32. The predicted octanol–water partition coefficient (Wildman–Crippen LogP) is 5.04. The second-order valence-electron chi connectivity index (χ2n) is 5.76. The molecule has 0 fully saturated rings. The first-order valence-electron chi connectivity index (χ1n) is 8.08. The van der Waals surface area contributed by atoms with Crippen LogP contribution >= 0.6 is 23.1 Å². The van der Waals surface area contributed by atoms with Crippen LogP contribution in [0.5, 0.6) is 5.75 Å². The van der Waals surface area contributed by atoms with Crippen LogP contribution in [0, 0.1) is 13.8 Å². The first-order valence-corrected chi connectivity index (χ1v) is 9.88. The van der Waals surface area contributed by atoms with Gasteiger partial charge >= 0.3 is 0 Å². The minimum atomic E-state index is -0.0238. The standard InChI is InChI=1S/C19H20N2O2S2/c1-4-23-15-5-6-16-17(10-15)25-19(21-16)24-11-18(22)20-14-8-12(2)7-13(3)9-14/h5-10H,4,11H2,1-3H3,(H,20,22). The second-order valence-corrected chi connectivity index (χ2v) is 8.01. The van der Waals surface area contributed by atoms with Gasteiger partial charge in [-0.15, -0.1) is 11.3 Å². The van der Waals surface area contributed by atoms with Crippen LogP contribution in [0.2, 0.25) is 0 Å². The van der Waals surface area contributed by atoms with E-state index in [1.54, 1.807) is 11.3 Å². The molecule has 6 heteroatoms. The van der Waals surface area contributed by atoms with Crippen molar-refractivity contribution in [3.63, 3.8) is 0 Å². The summed E-state index contributed by atoms with van der Waals surface area (Å²) in [6.07, 6.45) is 0. The Bertz CT molecular complexity index is 885. The quantitative estimate of drug-likeness (QED) is 0.616. The fraction of sp³-hybridized carbons (Fsp3) is 0.263. The number of nitrogens with zero attached hydrogens (tertiary/aromatic N) is 1. The average Bonchev–Trinajstić information content (AvgIpc) is 2.94. The Morgan fingerprint density at radius 1 is 1.20 bits per heavy atom. The highest BCUT2D eigenvalue weighted by molar-refractivity contribution is 8.01. The van der Waals surface area contributed by atoms with Gasteiger partial charge < -0.3 is 10.1 Å². The fourth-order valence-electron chi connectivity index (χ4n) is 2.57. The van der Waals surface area contributed by atoms with Gasteiger partial charge in [0, 0.05) is 5.69 Å². The van der Waals surface area contributed by atoms with Gasteiger partial charge in [-0.1, -0.05) is 17.8 Å². The number of hydrogen-bond acceptors (Lipinski definition) is 5. The van der Waals surface area contributed by atoms with Gasteiger partial charge in [-0.05, 0) is 62.2 Å². The number of benzene rings is 2. The molecule has 0 atom stereocenters. The lowest BCUT2D eigenvalue weighted by Gasteiger charge is -2.06. The molecule has 4 nitrogen and oxygen atoms in total. The molecule has 0 spiro atoms. The summed E-state index contributed by atoms with van der Waals surface area (Å²) in [7, 11) is 0. The van der Waals surface area contributed by atoms with Gasteiger partial charge in [0.2, 0.25) is 5.91 Å². The third kappa shape index (κ3) is 4.74. The highest BCUT2D eigenvalue weighted by atomic mass is 32.2. The normalized spacial score (nSPS) is 10.8. The zero-order chi connectivity index (χ0) is 17.8. The molecule has 130 valence electrons. The zero-order valence-corrected chi connectivity index (χ0v) is 16.1. The SMILES string of the molecule is CCOc1ccc2nc(SCC(=O)Nc3cc(C)cc(C)c3)sc2c1. The number of rotatable bonds is 6. The Morgan fingerprint density at radius 2 is 1.96 bits per heavy atom. The maximum absolute atomic E-state index is 12.2. The molecule has 1 heterocycles. The summed E-state index contributed by atoms with van der Waals surface area (Å²) >= 11 is 3.04. The first-order chi connectivity index (χ1) is 12.0. The van der Waals surface area contributed by atoms with Gasteiger partial charge in [-0.3, -0.25) is 4.79 Å². The molecule has 2 aromatic carbocycles. The Kier molecular flexibility index (Phi) is 5.60. The number of thioether (sulfide) groups is 1. The summed E-state index contributed by atoms with van der Waals surface area (Å²) in [5.41, 5.74) is 4.05. The van der Waals surface area contributed by atoms with E-state index in [2.05, 4.69) is 16.4 Å². The van der Waals surface area contributed by atoms with E-state index in [1.165, 1.54) is 11.8 Å². The average molecular weight is 373 g/mol. The van der Waals surface area contributed by atoms with Gasteiger partial charge in [-0.2, -0.15) is 0 Å². The van der Waals surface area contributed by atoms with Gasteiger partial charge in [0.05, 0.1) is 22.6 Å². The van der Waals surface area contributed by atoms with Gasteiger partial charge in [-0.25, -0.2) is 4.98 Å². The first kappa shape index (κ1) is 17.8. The number of amides is 1. The topological polar surface area (TPSA) is 51.2 Å². The number of aromatic nitrogens is 1. The van der Waals surface area contributed by atoms with Crippen molar-refractivity contribution < 1.29 is 9.53 Å². The molecule has 3 aromatic rings. The Hall–Kier alpha value is -2.05. The molecule has 0 unspecified atom stereocenters. The molecule has 0 aliphatic heterocycles. The number of aryl methyl sites for hydroxylation is 2. The lowest BCUT2D eigenvalue weighted by Crippen LogP contribution is -2.14. The molecule has 1 amide bonds. The molecule has 1 N–H and O–H groups in total. The third-order valence-corrected chi connectivity index (χ3v) is 5.64. The van der Waals surface area contributed by atoms with Crippen LogP contribution in [0.3, 0.4) is 0 Å². The lowest BCUT2D eigenvalue weighted by atomic mass is 10.1. The van der Waals surface area contributed by atoms with Crippen LogP contribution < -0.4 is 10.1 Å². The molecule has 1 aromatic heterocycles. The predicted molar refractivity (Wildman–Crippen MR) is 106 cm³/mol. The van der Waals surface area contributed by atoms with Crippen molar-refractivity contribution in [1.29, 1.82) is 0 Å². The number of carbonyl (C=O) groups is 1.